The summed E-state index contributed by atoms with van der Waals surface area (Å²) in [6.07, 6.45) is 9.56. The van der Waals surface area contributed by atoms with Crippen LogP contribution in [0.25, 0.3) is 0 Å². The van der Waals surface area contributed by atoms with Gasteiger partial charge in [0.05, 0.1) is 6.33 Å². The van der Waals surface area contributed by atoms with Crippen LogP contribution in [0.2, 0.25) is 0 Å². The monoisotopic (exact) mass is 429 g/mol. The Hall–Kier alpha value is -1.88. The zero-order valence-electron chi connectivity index (χ0n) is 18.8. The first-order chi connectivity index (χ1) is 15.1. The zero-order valence-corrected chi connectivity index (χ0v) is 18.8. The summed E-state index contributed by atoms with van der Waals surface area (Å²) >= 11 is 0. The Labute approximate surface area is 185 Å². The third-order valence-corrected chi connectivity index (χ3v) is 8.12. The fourth-order valence-electron chi connectivity index (χ4n) is 5.63. The van der Waals surface area contributed by atoms with Crippen LogP contribution >= 0.6 is 0 Å². The summed E-state index contributed by atoms with van der Waals surface area (Å²) in [5.74, 6) is 1.62. The second-order valence-electron chi connectivity index (χ2n) is 9.76. The second kappa shape index (κ2) is 9.72. The molecule has 0 radical (unpaired) electrons. The maximum Gasteiger partial charge on any atom is 0.226 e. The average molecular weight is 430 g/mol. The summed E-state index contributed by atoms with van der Waals surface area (Å²) in [5, 5.41) is 3.29. The highest BCUT2D eigenvalue weighted by molar-refractivity contribution is 5.83. The van der Waals surface area contributed by atoms with Crippen LogP contribution in [-0.4, -0.2) is 32.3 Å². The van der Waals surface area contributed by atoms with E-state index in [1.54, 1.807) is 0 Å². The van der Waals surface area contributed by atoms with Crippen LogP contribution in [0.5, 0.6) is 5.75 Å². The molecule has 1 aromatic rings. The van der Waals surface area contributed by atoms with Crippen molar-refractivity contribution in [2.75, 3.05) is 26.4 Å². The lowest BCUT2D eigenvalue weighted by atomic mass is 9.51. The number of ether oxygens (including phenoxy) is 2. The van der Waals surface area contributed by atoms with E-state index < -0.39 is 0 Å². The molecule has 1 aromatic carbocycles. The van der Waals surface area contributed by atoms with E-state index in [0.29, 0.717) is 30.8 Å². The molecule has 1 heterocycles. The first-order valence-corrected chi connectivity index (χ1v) is 12.0. The highest BCUT2D eigenvalue weighted by atomic mass is 19.1. The number of nitrogens with one attached hydrogen (secondary N) is 1. The van der Waals surface area contributed by atoms with Crippen molar-refractivity contribution in [1.82, 2.24) is 5.32 Å². The summed E-state index contributed by atoms with van der Waals surface area (Å²) in [6, 6.07) is 8.35. The molecule has 5 rings (SSSR count). The third-order valence-electron chi connectivity index (χ3n) is 8.12. The molecule has 0 atom stereocenters. The average Bonchev–Trinajstić information content (AvgIpc) is 2.85. The van der Waals surface area contributed by atoms with E-state index in [0.717, 1.165) is 76.9 Å². The summed E-state index contributed by atoms with van der Waals surface area (Å²) in [4.78, 5) is 13.1. The van der Waals surface area contributed by atoms with Crippen LogP contribution < -0.4 is 10.1 Å². The number of carbonyl (C=O) groups is 1. The van der Waals surface area contributed by atoms with Crippen molar-refractivity contribution in [3.63, 3.8) is 0 Å². The lowest BCUT2D eigenvalue weighted by Crippen LogP contribution is -2.52. The maximum absolute atomic E-state index is 13.1. The highest BCUT2D eigenvalue weighted by Gasteiger charge is 2.52. The van der Waals surface area contributed by atoms with Crippen molar-refractivity contribution >= 4 is 5.91 Å². The maximum atomic E-state index is 13.1. The number of carbonyl (C=O) groups excluding carboxylic acids is 1. The van der Waals surface area contributed by atoms with Gasteiger partial charge in [0.15, 0.2) is 0 Å². The molecule has 3 aliphatic carbocycles. The van der Waals surface area contributed by atoms with Gasteiger partial charge >= 0.3 is 0 Å². The van der Waals surface area contributed by atoms with E-state index in [-0.39, 0.29) is 16.7 Å². The molecule has 4 aliphatic rings. The summed E-state index contributed by atoms with van der Waals surface area (Å²) in [5.41, 5.74) is 2.04. The van der Waals surface area contributed by atoms with Crippen LogP contribution in [0.1, 0.15) is 70.3 Å². The van der Waals surface area contributed by atoms with Gasteiger partial charge < -0.3 is 14.8 Å². The van der Waals surface area contributed by atoms with Gasteiger partial charge in [0.2, 0.25) is 5.91 Å². The van der Waals surface area contributed by atoms with Crippen LogP contribution in [-0.2, 0) is 14.9 Å². The molecule has 0 unspecified atom stereocenters. The van der Waals surface area contributed by atoms with Gasteiger partial charge in [-0.05, 0) is 92.4 Å². The topological polar surface area (TPSA) is 47.6 Å². The largest absolute Gasteiger partial charge is 0.489 e. The minimum atomic E-state index is -0.161. The third kappa shape index (κ3) is 4.82. The molecule has 5 heteroatoms. The Balaban J connectivity index is 1.32. The van der Waals surface area contributed by atoms with Crippen LogP contribution in [0, 0.1) is 11.3 Å². The standard InChI is InChI=1S/C26H36FNO3/c1-2-20(17-27)19-31-23-5-3-22(4-6-23)25-9-12-26(13-10-25,14-11-25)24(29)28-18-21-7-15-30-16-8-21/h3-6,17,21H,2,7-16,18-19H2,1H3,(H,28,29)/b20-17+. The molecule has 4 nitrogen and oxygen atoms in total. The Morgan fingerprint density at radius 2 is 1.77 bits per heavy atom. The van der Waals surface area contributed by atoms with Crippen molar-refractivity contribution < 1.29 is 18.7 Å². The summed E-state index contributed by atoms with van der Waals surface area (Å²) in [6.45, 7) is 4.67. The van der Waals surface area contributed by atoms with Crippen molar-refractivity contribution in [2.45, 2.75) is 70.1 Å². The van der Waals surface area contributed by atoms with E-state index in [2.05, 4.69) is 17.4 Å². The minimum Gasteiger partial charge on any atom is -0.489 e. The number of hydrogen-bond acceptors (Lipinski definition) is 3. The Kier molecular flexibility index (Phi) is 7.00. The minimum absolute atomic E-state index is 0.161. The van der Waals surface area contributed by atoms with Crippen LogP contribution in [0.15, 0.2) is 36.2 Å². The van der Waals surface area contributed by atoms with Gasteiger partial charge in [0.25, 0.3) is 0 Å². The van der Waals surface area contributed by atoms with E-state index >= 15 is 0 Å². The predicted molar refractivity (Wildman–Crippen MR) is 120 cm³/mol. The molecular weight excluding hydrogens is 393 g/mol. The van der Waals surface area contributed by atoms with Gasteiger partial charge in [0.1, 0.15) is 12.4 Å². The smallest absolute Gasteiger partial charge is 0.226 e. The van der Waals surface area contributed by atoms with E-state index in [1.165, 1.54) is 5.56 Å². The fraction of sp³-hybridized carbons (Fsp3) is 0.654. The number of benzene rings is 1. The van der Waals surface area contributed by atoms with Crippen molar-refractivity contribution in [3.8, 4) is 5.75 Å². The zero-order chi connectivity index (χ0) is 21.7. The molecule has 1 N–H and O–H groups in total. The number of fused-ring (bicyclic) bond motifs is 3. The predicted octanol–water partition coefficient (Wildman–Crippen LogP) is 5.46. The molecule has 0 aromatic heterocycles. The molecule has 1 amide bonds. The number of amides is 1. The Morgan fingerprint density at radius 3 is 2.35 bits per heavy atom. The molecule has 31 heavy (non-hydrogen) atoms. The molecule has 0 spiro atoms. The van der Waals surface area contributed by atoms with E-state index in [1.807, 2.05) is 19.1 Å². The van der Waals surface area contributed by atoms with Crippen LogP contribution in [0.4, 0.5) is 4.39 Å². The lowest BCUT2D eigenvalue weighted by Gasteiger charge is -2.53. The first kappa shape index (κ1) is 22.3. The van der Waals surface area contributed by atoms with Crippen LogP contribution in [0.3, 0.4) is 0 Å². The van der Waals surface area contributed by atoms with Crippen molar-refractivity contribution in [2.24, 2.45) is 11.3 Å². The van der Waals surface area contributed by atoms with Gasteiger partial charge in [-0.15, -0.1) is 0 Å². The Bertz CT molecular complexity index is 758. The van der Waals surface area contributed by atoms with E-state index in [4.69, 9.17) is 9.47 Å². The van der Waals surface area contributed by atoms with Gasteiger partial charge in [-0.25, -0.2) is 4.39 Å². The summed E-state index contributed by atoms with van der Waals surface area (Å²) in [7, 11) is 0. The molecule has 2 bridgehead atoms. The van der Waals surface area contributed by atoms with Gasteiger partial charge in [-0.1, -0.05) is 19.1 Å². The van der Waals surface area contributed by atoms with Gasteiger partial charge in [-0.3, -0.25) is 4.79 Å². The highest BCUT2D eigenvalue weighted by Crippen LogP contribution is 2.57. The second-order valence-corrected chi connectivity index (χ2v) is 9.76. The fourth-order valence-corrected chi connectivity index (χ4v) is 5.63. The van der Waals surface area contributed by atoms with Crippen molar-refractivity contribution in [1.29, 1.82) is 0 Å². The molecule has 1 aliphatic heterocycles. The molecule has 3 saturated carbocycles. The van der Waals surface area contributed by atoms with Gasteiger partial charge in [-0.2, -0.15) is 0 Å². The normalized spacial score (nSPS) is 29.0. The SMILES string of the molecule is CC/C(=C\F)COc1ccc(C23CCC(C(=O)NCC4CCOCC4)(CC2)CC3)cc1. The molecule has 4 fully saturated rings. The summed E-state index contributed by atoms with van der Waals surface area (Å²) < 4.78 is 23.9. The Morgan fingerprint density at radius 1 is 1.13 bits per heavy atom. The molecule has 1 saturated heterocycles. The molecular formula is C26H36FNO3. The number of rotatable bonds is 8. The molecule has 170 valence electrons. The van der Waals surface area contributed by atoms with E-state index in [9.17, 15) is 9.18 Å². The number of hydrogen-bond donors (Lipinski definition) is 1. The lowest BCUT2D eigenvalue weighted by molar-refractivity contribution is -0.138. The van der Waals surface area contributed by atoms with Gasteiger partial charge in [0, 0.05) is 25.2 Å². The number of halogens is 1. The van der Waals surface area contributed by atoms with Crippen molar-refractivity contribution in [3.05, 3.63) is 41.7 Å². The first-order valence-electron chi connectivity index (χ1n) is 12.0. The quantitative estimate of drug-likeness (QED) is 0.597.